The summed E-state index contributed by atoms with van der Waals surface area (Å²) in [6.07, 6.45) is 5.78. The second-order valence-electron chi connectivity index (χ2n) is 5.26. The number of nitrogens with one attached hydrogen (secondary N) is 2. The SMILES string of the molecule is CN(C)C1=CC=C(C(=O)NC2CCC(=O)NC2=O)[C-]=CC1F.[W]. The number of piperidine rings is 1. The molecule has 1 aliphatic carbocycles. The summed E-state index contributed by atoms with van der Waals surface area (Å²) in [6, 6.07) is -0.769. The molecule has 2 N–H and O–H groups in total. The average Bonchev–Trinajstić information content (AvgIpc) is 2.64. The van der Waals surface area contributed by atoms with E-state index in [1.807, 2.05) is 0 Å². The summed E-state index contributed by atoms with van der Waals surface area (Å²) in [4.78, 5) is 36.4. The molecule has 0 radical (unpaired) electrons. The van der Waals surface area contributed by atoms with Gasteiger partial charge in [-0.05, 0) is 6.42 Å². The summed E-state index contributed by atoms with van der Waals surface area (Å²) in [5.74, 6) is -1.42. The largest absolute Gasteiger partial charge is 0.394 e. The third-order valence-electron chi connectivity index (χ3n) is 3.39. The van der Waals surface area contributed by atoms with Gasteiger partial charge >= 0.3 is 0 Å². The van der Waals surface area contributed by atoms with Crippen LogP contribution in [0.4, 0.5) is 4.39 Å². The molecule has 0 aromatic rings. The van der Waals surface area contributed by atoms with Gasteiger partial charge in [0.15, 0.2) is 0 Å². The van der Waals surface area contributed by atoms with Crippen molar-refractivity contribution in [2.75, 3.05) is 14.1 Å². The summed E-state index contributed by atoms with van der Waals surface area (Å²) < 4.78 is 13.9. The van der Waals surface area contributed by atoms with Gasteiger partial charge in [-0.15, -0.1) is 11.6 Å². The minimum Gasteiger partial charge on any atom is -0.394 e. The first-order chi connectivity index (χ1) is 10.4. The molecule has 2 atom stereocenters. The first-order valence-corrected chi connectivity index (χ1v) is 6.86. The van der Waals surface area contributed by atoms with Crippen molar-refractivity contribution < 1.29 is 39.8 Å². The molecule has 1 aliphatic heterocycles. The molecule has 0 spiro atoms. The predicted molar refractivity (Wildman–Crippen MR) is 76.9 cm³/mol. The number of halogens is 1. The molecule has 2 aliphatic rings. The molecular formula is C15H17FN3O3W-. The monoisotopic (exact) mass is 490 g/mol. The van der Waals surface area contributed by atoms with Crippen molar-refractivity contribution in [1.82, 2.24) is 15.5 Å². The Morgan fingerprint density at radius 2 is 2.09 bits per heavy atom. The Morgan fingerprint density at radius 1 is 1.39 bits per heavy atom. The molecule has 0 bridgehead atoms. The number of carbonyl (C=O) groups is 3. The number of carbonyl (C=O) groups excluding carboxylic acids is 3. The summed E-state index contributed by atoms with van der Waals surface area (Å²) in [6.45, 7) is 0. The van der Waals surface area contributed by atoms with Gasteiger partial charge in [0.1, 0.15) is 12.1 Å². The second-order valence-corrected chi connectivity index (χ2v) is 5.26. The number of rotatable bonds is 3. The molecule has 6 nitrogen and oxygen atoms in total. The fourth-order valence-electron chi connectivity index (χ4n) is 2.16. The van der Waals surface area contributed by atoms with Crippen molar-refractivity contribution in [1.29, 1.82) is 0 Å². The van der Waals surface area contributed by atoms with Crippen LogP contribution in [0.15, 0.2) is 29.5 Å². The Bertz CT molecular complexity index is 599. The molecule has 0 aromatic carbocycles. The molecule has 0 aromatic heterocycles. The normalized spacial score (nSPS) is 23.8. The Kier molecular flexibility index (Phi) is 6.88. The molecule has 2 rings (SSSR count). The number of hydrogen-bond donors (Lipinski definition) is 2. The first kappa shape index (κ1) is 19.3. The van der Waals surface area contributed by atoms with Gasteiger partial charge in [0, 0.05) is 47.3 Å². The fourth-order valence-corrected chi connectivity index (χ4v) is 2.16. The topological polar surface area (TPSA) is 78.5 Å². The van der Waals surface area contributed by atoms with Crippen LogP contribution in [0.25, 0.3) is 0 Å². The number of hydrogen-bond acceptors (Lipinski definition) is 4. The van der Waals surface area contributed by atoms with Crippen LogP contribution in [0.5, 0.6) is 0 Å². The standard InChI is InChI=1S/C15H17FN3O3.W/c1-19(2)12-7-4-9(3-5-10(12)16)14(21)17-11-6-8-13(20)18-15(11)22;/h4-5,7,10-11H,6,8H2,1-2H3,(H,17,21)(H,18,20,22);/q-1;. The molecular weight excluding hydrogens is 473 g/mol. The van der Waals surface area contributed by atoms with E-state index >= 15 is 0 Å². The number of alkyl halides is 1. The maximum Gasteiger partial charge on any atom is 0.248 e. The molecule has 23 heavy (non-hydrogen) atoms. The third kappa shape index (κ3) is 4.86. The number of amides is 3. The van der Waals surface area contributed by atoms with Crippen LogP contribution in [0.2, 0.25) is 0 Å². The summed E-state index contributed by atoms with van der Waals surface area (Å²) >= 11 is 0. The summed E-state index contributed by atoms with van der Waals surface area (Å²) in [5, 5.41) is 4.69. The van der Waals surface area contributed by atoms with E-state index in [-0.39, 0.29) is 45.4 Å². The van der Waals surface area contributed by atoms with Gasteiger partial charge in [0.2, 0.25) is 11.8 Å². The predicted octanol–water partition coefficient (Wildman–Crippen LogP) is -0.0117. The second kappa shape index (κ2) is 8.20. The van der Waals surface area contributed by atoms with Crippen LogP contribution in [0.3, 0.4) is 0 Å². The van der Waals surface area contributed by atoms with E-state index in [1.165, 1.54) is 12.2 Å². The van der Waals surface area contributed by atoms with Crippen molar-refractivity contribution in [2.24, 2.45) is 0 Å². The number of imide groups is 1. The van der Waals surface area contributed by atoms with Crippen LogP contribution >= 0.6 is 0 Å². The maximum absolute atomic E-state index is 13.9. The summed E-state index contributed by atoms with van der Waals surface area (Å²) in [7, 11) is 3.41. The van der Waals surface area contributed by atoms with E-state index in [2.05, 4.69) is 16.7 Å². The van der Waals surface area contributed by atoms with Crippen molar-refractivity contribution in [3.05, 3.63) is 35.6 Å². The Morgan fingerprint density at radius 3 is 2.70 bits per heavy atom. The van der Waals surface area contributed by atoms with Gasteiger partial charge in [-0.3, -0.25) is 14.9 Å². The molecule has 1 heterocycles. The Labute approximate surface area is 148 Å². The van der Waals surface area contributed by atoms with Gasteiger partial charge < -0.3 is 15.0 Å². The zero-order chi connectivity index (χ0) is 16.3. The molecule has 124 valence electrons. The van der Waals surface area contributed by atoms with E-state index in [4.69, 9.17) is 0 Å². The van der Waals surface area contributed by atoms with Gasteiger partial charge in [-0.2, -0.15) is 12.2 Å². The van der Waals surface area contributed by atoms with Crippen LogP contribution < -0.4 is 10.6 Å². The Hall–Kier alpha value is -1.75. The Balaban J connectivity index is 0.00000264. The fraction of sp³-hybridized carbons (Fsp3) is 0.400. The third-order valence-corrected chi connectivity index (χ3v) is 3.39. The zero-order valence-corrected chi connectivity index (χ0v) is 15.7. The molecule has 3 amide bonds. The minimum atomic E-state index is -1.35. The van der Waals surface area contributed by atoms with E-state index in [0.29, 0.717) is 5.70 Å². The van der Waals surface area contributed by atoms with E-state index in [1.54, 1.807) is 19.0 Å². The van der Waals surface area contributed by atoms with Gasteiger partial charge in [-0.1, -0.05) is 6.08 Å². The van der Waals surface area contributed by atoms with Crippen LogP contribution in [-0.4, -0.2) is 48.9 Å². The first-order valence-electron chi connectivity index (χ1n) is 6.86. The molecule has 1 fully saturated rings. The van der Waals surface area contributed by atoms with Crippen molar-refractivity contribution >= 4 is 17.7 Å². The van der Waals surface area contributed by atoms with Crippen molar-refractivity contribution in [2.45, 2.75) is 25.1 Å². The molecule has 0 saturated carbocycles. The number of allylic oxidation sites excluding steroid dienone is 3. The number of nitrogens with zero attached hydrogens (tertiary/aromatic N) is 1. The zero-order valence-electron chi connectivity index (χ0n) is 12.8. The van der Waals surface area contributed by atoms with Crippen molar-refractivity contribution in [3.63, 3.8) is 0 Å². The van der Waals surface area contributed by atoms with Gasteiger partial charge in [0.25, 0.3) is 0 Å². The van der Waals surface area contributed by atoms with E-state index < -0.39 is 24.0 Å². The maximum atomic E-state index is 13.9. The van der Waals surface area contributed by atoms with E-state index in [0.717, 1.165) is 6.08 Å². The van der Waals surface area contributed by atoms with Crippen LogP contribution in [0, 0.1) is 6.08 Å². The smallest absolute Gasteiger partial charge is 0.248 e. The quantitative estimate of drug-likeness (QED) is 0.431. The minimum absolute atomic E-state index is 0. The summed E-state index contributed by atoms with van der Waals surface area (Å²) in [5.41, 5.74) is 0.528. The van der Waals surface area contributed by atoms with E-state index in [9.17, 15) is 18.8 Å². The molecule has 8 heteroatoms. The van der Waals surface area contributed by atoms with Crippen LogP contribution in [0.1, 0.15) is 12.8 Å². The van der Waals surface area contributed by atoms with Crippen LogP contribution in [-0.2, 0) is 35.4 Å². The van der Waals surface area contributed by atoms with Gasteiger partial charge in [-0.25, -0.2) is 4.39 Å². The average molecular weight is 490 g/mol. The van der Waals surface area contributed by atoms with Crippen molar-refractivity contribution in [3.8, 4) is 0 Å². The molecule has 2 unspecified atom stereocenters. The molecule has 1 saturated heterocycles. The van der Waals surface area contributed by atoms with Gasteiger partial charge in [0.05, 0.1) is 6.04 Å².